The summed E-state index contributed by atoms with van der Waals surface area (Å²) in [5.41, 5.74) is 4.10. The number of benzene rings is 2. The Morgan fingerprint density at radius 2 is 1.91 bits per heavy atom. The summed E-state index contributed by atoms with van der Waals surface area (Å²) >= 11 is 1.31. The number of allylic oxidation sites excluding steroid dienone is 2. The molecule has 1 aliphatic heterocycles. The van der Waals surface area contributed by atoms with Gasteiger partial charge in [0.05, 0.1) is 6.61 Å². The molecule has 5 rings (SSSR count). The minimum Gasteiger partial charge on any atom is -0.462 e. The lowest BCUT2D eigenvalue weighted by molar-refractivity contribution is -0.601. The molecule has 0 saturated heterocycles. The Labute approximate surface area is 207 Å². The number of hydrogen-bond donors (Lipinski definition) is 0. The highest BCUT2D eigenvalue weighted by molar-refractivity contribution is 8.04. The quantitative estimate of drug-likeness (QED) is 0.120. The maximum Gasteiger partial charge on any atom is 0.372 e. The van der Waals surface area contributed by atoms with Crippen LogP contribution in [0.2, 0.25) is 0 Å². The zero-order valence-corrected chi connectivity index (χ0v) is 20.3. The first-order chi connectivity index (χ1) is 17.0. The van der Waals surface area contributed by atoms with Crippen molar-refractivity contribution < 1.29 is 18.9 Å². The molecule has 0 unspecified atom stereocenters. The number of aromatic nitrogens is 3. The number of ether oxygens (including phenoxy) is 1. The number of fused-ring (bicyclic) bond motifs is 2. The molecular formula is C28H24N3O3S+. The highest BCUT2D eigenvalue weighted by Gasteiger charge is 2.42. The molecule has 3 heterocycles. The summed E-state index contributed by atoms with van der Waals surface area (Å²) in [5, 5.41) is 1.58. The minimum absolute atomic E-state index is 0.220. The molecule has 7 heteroatoms. The molecule has 0 atom stereocenters. The van der Waals surface area contributed by atoms with Gasteiger partial charge in [0.1, 0.15) is 4.91 Å². The van der Waals surface area contributed by atoms with E-state index in [1.54, 1.807) is 13.8 Å². The Hall–Kier alpha value is -3.97. The molecule has 4 aromatic rings. The fourth-order valence-electron chi connectivity index (χ4n) is 4.37. The van der Waals surface area contributed by atoms with Crippen molar-refractivity contribution in [3.63, 3.8) is 0 Å². The van der Waals surface area contributed by atoms with E-state index in [0.29, 0.717) is 33.6 Å². The molecule has 0 N–H and O–H groups in total. The van der Waals surface area contributed by atoms with Crippen molar-refractivity contribution in [2.24, 2.45) is 0 Å². The average molecular weight is 483 g/mol. The van der Waals surface area contributed by atoms with Crippen molar-refractivity contribution in [1.29, 1.82) is 0 Å². The van der Waals surface area contributed by atoms with Crippen molar-refractivity contribution >= 4 is 40.6 Å². The van der Waals surface area contributed by atoms with Crippen LogP contribution in [0.4, 0.5) is 0 Å². The molecule has 0 radical (unpaired) electrons. The SMILES string of the molecule is C=CCn1cc(C=C2Sc3nc(C)c(C(=O)OCC)c(-c4ccccc4)[n+]3C2=O)c2ccccc21. The molecule has 1 aliphatic rings. The van der Waals surface area contributed by atoms with E-state index in [2.05, 4.69) is 22.2 Å². The van der Waals surface area contributed by atoms with Crippen LogP contribution >= 0.6 is 11.8 Å². The lowest BCUT2D eigenvalue weighted by atomic mass is 10.0. The maximum atomic E-state index is 13.8. The molecule has 2 aromatic carbocycles. The van der Waals surface area contributed by atoms with E-state index >= 15 is 0 Å². The van der Waals surface area contributed by atoms with Crippen LogP contribution in [0.25, 0.3) is 28.2 Å². The Balaban J connectivity index is 1.68. The van der Waals surface area contributed by atoms with Gasteiger partial charge in [-0.05, 0) is 24.1 Å². The smallest absolute Gasteiger partial charge is 0.372 e. The summed E-state index contributed by atoms with van der Waals surface area (Å²) in [6.45, 7) is 8.29. The second kappa shape index (κ2) is 9.35. The van der Waals surface area contributed by atoms with Gasteiger partial charge in [-0.1, -0.05) is 54.6 Å². The van der Waals surface area contributed by atoms with Crippen LogP contribution in [0.5, 0.6) is 0 Å². The topological polar surface area (TPSA) is 65.1 Å². The molecule has 2 aromatic heterocycles. The Kier molecular flexibility index (Phi) is 6.09. The summed E-state index contributed by atoms with van der Waals surface area (Å²) in [6, 6.07) is 17.5. The van der Waals surface area contributed by atoms with Crippen LogP contribution in [-0.2, 0) is 11.3 Å². The van der Waals surface area contributed by atoms with Gasteiger partial charge in [0, 0.05) is 53.5 Å². The molecule has 0 amide bonds. The van der Waals surface area contributed by atoms with Crippen molar-refractivity contribution in [3.8, 4) is 11.3 Å². The predicted octanol–water partition coefficient (Wildman–Crippen LogP) is 5.45. The van der Waals surface area contributed by atoms with Gasteiger partial charge in [-0.3, -0.25) is 0 Å². The molecule has 6 nitrogen and oxygen atoms in total. The van der Waals surface area contributed by atoms with Crippen LogP contribution in [-0.4, -0.2) is 28.0 Å². The van der Waals surface area contributed by atoms with Gasteiger partial charge in [-0.25, -0.2) is 9.59 Å². The number of carbonyl (C=O) groups excluding carboxylic acids is 2. The highest BCUT2D eigenvalue weighted by atomic mass is 32.2. The zero-order valence-electron chi connectivity index (χ0n) is 19.5. The number of carbonyl (C=O) groups is 2. The predicted molar refractivity (Wildman–Crippen MR) is 137 cm³/mol. The second-order valence-electron chi connectivity index (χ2n) is 8.08. The number of esters is 1. The second-order valence-corrected chi connectivity index (χ2v) is 9.09. The van der Waals surface area contributed by atoms with E-state index in [9.17, 15) is 9.59 Å². The van der Waals surface area contributed by atoms with E-state index in [4.69, 9.17) is 4.74 Å². The van der Waals surface area contributed by atoms with Gasteiger partial charge in [-0.2, -0.15) is 0 Å². The number of thioether (sulfide) groups is 1. The number of hydrogen-bond acceptors (Lipinski definition) is 5. The van der Waals surface area contributed by atoms with Crippen LogP contribution in [0.3, 0.4) is 0 Å². The standard InChI is InChI=1S/C28H24N3O3S/c1-4-15-30-17-20(21-13-9-10-14-22(21)30)16-23-26(32)31-25(19-11-7-6-8-12-19)24(27(33)34-5-2)18(3)29-28(31)35-23/h4,6-14,16-17H,1,5,15H2,2-3H3/q+1. The monoisotopic (exact) mass is 482 g/mol. The Morgan fingerprint density at radius 3 is 2.66 bits per heavy atom. The number of rotatable bonds is 6. The third-order valence-corrected chi connectivity index (χ3v) is 6.82. The molecule has 35 heavy (non-hydrogen) atoms. The van der Waals surface area contributed by atoms with Gasteiger partial charge < -0.3 is 9.30 Å². The van der Waals surface area contributed by atoms with Crippen molar-refractivity contribution in [2.45, 2.75) is 25.5 Å². The van der Waals surface area contributed by atoms with Crippen LogP contribution < -0.4 is 4.57 Å². The third kappa shape index (κ3) is 3.98. The van der Waals surface area contributed by atoms with Crippen LogP contribution in [0.1, 0.15) is 33.3 Å². The van der Waals surface area contributed by atoms with Gasteiger partial charge in [-0.15, -0.1) is 11.1 Å². The first kappa shape index (κ1) is 22.8. The normalized spacial score (nSPS) is 13.9. The molecule has 0 saturated carbocycles. The molecular weight excluding hydrogens is 458 g/mol. The fraction of sp³-hybridized carbons (Fsp3) is 0.143. The zero-order chi connectivity index (χ0) is 24.5. The van der Waals surface area contributed by atoms with Gasteiger partial charge in [0.2, 0.25) is 0 Å². The van der Waals surface area contributed by atoms with Gasteiger partial charge in [0.15, 0.2) is 17.0 Å². The summed E-state index contributed by atoms with van der Waals surface area (Å²) in [4.78, 5) is 31.9. The lowest BCUT2D eigenvalue weighted by Crippen LogP contribution is -2.45. The summed E-state index contributed by atoms with van der Waals surface area (Å²) in [5.74, 6) is -0.711. The first-order valence-corrected chi connectivity index (χ1v) is 12.2. The van der Waals surface area contributed by atoms with Gasteiger partial charge in [0.25, 0.3) is 0 Å². The van der Waals surface area contributed by atoms with E-state index in [0.717, 1.165) is 22.0 Å². The summed E-state index contributed by atoms with van der Waals surface area (Å²) < 4.78 is 8.97. The summed E-state index contributed by atoms with van der Waals surface area (Å²) in [6.07, 6.45) is 5.78. The summed E-state index contributed by atoms with van der Waals surface area (Å²) in [7, 11) is 0. The maximum absolute atomic E-state index is 13.8. The van der Waals surface area contributed by atoms with Crippen molar-refractivity contribution in [1.82, 2.24) is 9.55 Å². The average Bonchev–Trinajstić information content (AvgIpc) is 3.36. The van der Waals surface area contributed by atoms with Crippen molar-refractivity contribution in [3.05, 3.63) is 95.2 Å². The molecule has 0 aliphatic carbocycles. The van der Waals surface area contributed by atoms with Crippen LogP contribution in [0, 0.1) is 6.92 Å². The van der Waals surface area contributed by atoms with Crippen molar-refractivity contribution in [2.75, 3.05) is 6.61 Å². The van der Waals surface area contributed by atoms with Crippen LogP contribution in [0.15, 0.2) is 83.5 Å². The van der Waals surface area contributed by atoms with E-state index in [1.165, 1.54) is 16.3 Å². The molecule has 0 bridgehead atoms. The number of nitrogens with zero attached hydrogens (tertiary/aromatic N) is 3. The Bertz CT molecular complexity index is 1520. The first-order valence-electron chi connectivity index (χ1n) is 11.4. The highest BCUT2D eigenvalue weighted by Crippen LogP contribution is 2.36. The number of para-hydroxylation sites is 1. The molecule has 0 spiro atoms. The van der Waals surface area contributed by atoms with Gasteiger partial charge >= 0.3 is 17.0 Å². The molecule has 174 valence electrons. The van der Waals surface area contributed by atoms with E-state index in [1.807, 2.05) is 66.9 Å². The fourth-order valence-corrected chi connectivity index (χ4v) is 5.38. The third-order valence-electron chi connectivity index (χ3n) is 5.85. The van der Waals surface area contributed by atoms with E-state index in [-0.39, 0.29) is 12.5 Å². The minimum atomic E-state index is -0.491. The largest absolute Gasteiger partial charge is 0.462 e. The molecule has 0 fully saturated rings. The Morgan fingerprint density at radius 1 is 1.17 bits per heavy atom. The lowest BCUT2D eigenvalue weighted by Gasteiger charge is -2.10. The number of aryl methyl sites for hydroxylation is 1. The van der Waals surface area contributed by atoms with E-state index < -0.39 is 5.97 Å².